The summed E-state index contributed by atoms with van der Waals surface area (Å²) in [6.45, 7) is 6.22. The second kappa shape index (κ2) is 9.14. The summed E-state index contributed by atoms with van der Waals surface area (Å²) < 4.78 is 11.6. The van der Waals surface area contributed by atoms with Gasteiger partial charge in [-0.2, -0.15) is 0 Å². The number of nitrogens with zero attached hydrogens (tertiary/aromatic N) is 2. The fourth-order valence-corrected chi connectivity index (χ4v) is 4.55. The van der Waals surface area contributed by atoms with Crippen molar-refractivity contribution in [3.8, 4) is 5.75 Å². The highest BCUT2D eigenvalue weighted by atomic mass is 16.5. The summed E-state index contributed by atoms with van der Waals surface area (Å²) in [5.74, 6) is 2.16. The van der Waals surface area contributed by atoms with Crippen molar-refractivity contribution in [2.75, 3.05) is 46.4 Å². The lowest BCUT2D eigenvalue weighted by molar-refractivity contribution is 0.114. The zero-order chi connectivity index (χ0) is 19.3. The molecular weight excluding hydrogens is 354 g/mol. The summed E-state index contributed by atoms with van der Waals surface area (Å²) in [7, 11) is 2.16. The lowest BCUT2D eigenvalue weighted by Crippen LogP contribution is -2.38. The Kier molecular flexibility index (Phi) is 6.37. The highest BCUT2D eigenvalue weighted by Gasteiger charge is 2.33. The molecule has 4 rings (SSSR count). The van der Waals surface area contributed by atoms with Crippen molar-refractivity contribution in [1.82, 2.24) is 15.1 Å². The Hall–Kier alpha value is -1.79. The van der Waals surface area contributed by atoms with E-state index in [1.807, 2.05) is 29.2 Å². The summed E-state index contributed by atoms with van der Waals surface area (Å²) in [5, 5.41) is 3.07. The summed E-state index contributed by atoms with van der Waals surface area (Å²) in [6.07, 6.45) is 4.72. The molecule has 6 nitrogen and oxygen atoms in total. The van der Waals surface area contributed by atoms with Gasteiger partial charge in [0, 0.05) is 45.9 Å². The van der Waals surface area contributed by atoms with Crippen molar-refractivity contribution in [1.29, 1.82) is 0 Å². The fourth-order valence-electron chi connectivity index (χ4n) is 4.55. The van der Waals surface area contributed by atoms with Crippen LogP contribution in [-0.2, 0) is 11.3 Å². The van der Waals surface area contributed by atoms with Crippen molar-refractivity contribution in [2.45, 2.75) is 38.3 Å². The van der Waals surface area contributed by atoms with Crippen molar-refractivity contribution in [2.24, 2.45) is 11.8 Å². The highest BCUT2D eigenvalue weighted by Crippen LogP contribution is 2.30. The molecule has 0 aromatic heterocycles. The van der Waals surface area contributed by atoms with Crippen LogP contribution in [0.15, 0.2) is 24.3 Å². The standard InChI is InChI=1S/C22H33N3O3/c1-24-10-7-21(8-11-24)28-20-4-2-17(3-5-20)14-23-22(26)25-12-6-18(15-25)19-9-13-27-16-19/h2-5,18-19,21H,6-16H2,1H3,(H,23,26). The van der Waals surface area contributed by atoms with Gasteiger partial charge >= 0.3 is 6.03 Å². The van der Waals surface area contributed by atoms with Crippen molar-refractivity contribution in [3.63, 3.8) is 0 Å². The molecule has 3 aliphatic rings. The van der Waals surface area contributed by atoms with Crippen LogP contribution in [0.3, 0.4) is 0 Å². The van der Waals surface area contributed by atoms with E-state index in [1.54, 1.807) is 0 Å². The van der Waals surface area contributed by atoms with E-state index in [1.165, 1.54) is 0 Å². The predicted molar refractivity (Wildman–Crippen MR) is 108 cm³/mol. The molecule has 2 amide bonds. The molecule has 0 aliphatic carbocycles. The first-order valence-electron chi connectivity index (χ1n) is 10.7. The van der Waals surface area contributed by atoms with Gasteiger partial charge in [0.25, 0.3) is 0 Å². The quantitative estimate of drug-likeness (QED) is 0.844. The number of nitrogens with one attached hydrogen (secondary N) is 1. The molecule has 3 heterocycles. The Morgan fingerprint density at radius 3 is 2.61 bits per heavy atom. The van der Waals surface area contributed by atoms with Crippen LogP contribution in [0.25, 0.3) is 0 Å². The van der Waals surface area contributed by atoms with E-state index in [2.05, 4.69) is 17.3 Å². The Morgan fingerprint density at radius 2 is 1.89 bits per heavy atom. The van der Waals surface area contributed by atoms with Gasteiger partial charge in [0.05, 0.1) is 0 Å². The van der Waals surface area contributed by atoms with Crippen LogP contribution in [0.4, 0.5) is 4.79 Å². The van der Waals surface area contributed by atoms with E-state index in [-0.39, 0.29) is 6.03 Å². The number of urea groups is 1. The van der Waals surface area contributed by atoms with Gasteiger partial charge in [0.1, 0.15) is 11.9 Å². The van der Waals surface area contributed by atoms with Crippen LogP contribution >= 0.6 is 0 Å². The molecule has 0 spiro atoms. The SMILES string of the molecule is CN1CCC(Oc2ccc(CNC(=O)N3CCC(C4CCOC4)C3)cc2)CC1. The average Bonchev–Trinajstić information content (AvgIpc) is 3.41. The molecule has 28 heavy (non-hydrogen) atoms. The third kappa shape index (κ3) is 4.97. The molecule has 2 unspecified atom stereocenters. The third-order valence-electron chi connectivity index (χ3n) is 6.48. The molecule has 154 valence electrons. The van der Waals surface area contributed by atoms with Crippen LogP contribution < -0.4 is 10.1 Å². The van der Waals surface area contributed by atoms with E-state index in [0.29, 0.717) is 24.5 Å². The van der Waals surface area contributed by atoms with Crippen LogP contribution in [0, 0.1) is 11.8 Å². The van der Waals surface area contributed by atoms with Gasteiger partial charge in [-0.15, -0.1) is 0 Å². The summed E-state index contributed by atoms with van der Waals surface area (Å²) in [4.78, 5) is 16.8. The van der Waals surface area contributed by atoms with Gasteiger partial charge in [-0.25, -0.2) is 4.79 Å². The number of ether oxygens (including phenoxy) is 2. The first kappa shape index (κ1) is 19.5. The molecule has 0 radical (unpaired) electrons. The zero-order valence-electron chi connectivity index (χ0n) is 16.9. The second-order valence-corrected chi connectivity index (χ2v) is 8.54. The lowest BCUT2D eigenvalue weighted by atomic mass is 9.91. The predicted octanol–water partition coefficient (Wildman–Crippen LogP) is 2.73. The number of carbonyl (C=O) groups is 1. The minimum absolute atomic E-state index is 0.0491. The second-order valence-electron chi connectivity index (χ2n) is 8.54. The molecule has 0 saturated carbocycles. The minimum atomic E-state index is 0.0491. The maximum Gasteiger partial charge on any atom is 0.317 e. The monoisotopic (exact) mass is 387 g/mol. The van der Waals surface area contributed by atoms with Gasteiger partial charge in [-0.3, -0.25) is 0 Å². The van der Waals surface area contributed by atoms with Crippen LogP contribution in [0.2, 0.25) is 0 Å². The molecule has 0 bridgehead atoms. The minimum Gasteiger partial charge on any atom is -0.490 e. The Morgan fingerprint density at radius 1 is 1.11 bits per heavy atom. The normalized spacial score (nSPS) is 26.5. The number of amides is 2. The van der Waals surface area contributed by atoms with E-state index >= 15 is 0 Å². The Labute approximate surface area is 168 Å². The summed E-state index contributed by atoms with van der Waals surface area (Å²) in [6, 6.07) is 8.19. The van der Waals surface area contributed by atoms with E-state index in [9.17, 15) is 4.79 Å². The molecule has 3 saturated heterocycles. The fraction of sp³-hybridized carbons (Fsp3) is 0.682. The molecule has 2 atom stereocenters. The van der Waals surface area contributed by atoms with E-state index in [4.69, 9.17) is 9.47 Å². The van der Waals surface area contributed by atoms with Gasteiger partial charge in [-0.05, 0) is 62.3 Å². The molecule has 3 fully saturated rings. The first-order chi connectivity index (χ1) is 13.7. The maximum atomic E-state index is 12.5. The van der Waals surface area contributed by atoms with Gasteiger partial charge < -0.3 is 24.6 Å². The number of benzene rings is 1. The largest absolute Gasteiger partial charge is 0.490 e. The number of hydrogen-bond acceptors (Lipinski definition) is 4. The molecule has 1 N–H and O–H groups in total. The van der Waals surface area contributed by atoms with Crippen molar-refractivity contribution >= 4 is 6.03 Å². The number of likely N-dealkylation sites (tertiary alicyclic amines) is 2. The number of piperidine rings is 1. The van der Waals surface area contributed by atoms with Crippen LogP contribution in [-0.4, -0.2) is 68.4 Å². The molecule has 1 aromatic carbocycles. The summed E-state index contributed by atoms with van der Waals surface area (Å²) in [5.41, 5.74) is 1.10. The zero-order valence-corrected chi connectivity index (χ0v) is 16.9. The van der Waals surface area contributed by atoms with Crippen molar-refractivity contribution in [3.05, 3.63) is 29.8 Å². The highest BCUT2D eigenvalue weighted by molar-refractivity contribution is 5.74. The average molecular weight is 388 g/mol. The van der Waals surface area contributed by atoms with Gasteiger partial charge in [0.2, 0.25) is 0 Å². The number of hydrogen-bond donors (Lipinski definition) is 1. The molecule has 3 aliphatic heterocycles. The Bertz CT molecular complexity index is 637. The topological polar surface area (TPSA) is 54.0 Å². The van der Waals surface area contributed by atoms with Crippen LogP contribution in [0.1, 0.15) is 31.2 Å². The van der Waals surface area contributed by atoms with E-state index < -0.39 is 0 Å². The third-order valence-corrected chi connectivity index (χ3v) is 6.48. The molecule has 1 aromatic rings. The van der Waals surface area contributed by atoms with Crippen LogP contribution in [0.5, 0.6) is 5.75 Å². The molecule has 6 heteroatoms. The number of carbonyl (C=O) groups excluding carboxylic acids is 1. The smallest absolute Gasteiger partial charge is 0.317 e. The van der Waals surface area contributed by atoms with Gasteiger partial charge in [-0.1, -0.05) is 12.1 Å². The first-order valence-corrected chi connectivity index (χ1v) is 10.7. The maximum absolute atomic E-state index is 12.5. The molecular formula is C22H33N3O3. The van der Waals surface area contributed by atoms with Gasteiger partial charge in [0.15, 0.2) is 0 Å². The van der Waals surface area contributed by atoms with Crippen molar-refractivity contribution < 1.29 is 14.3 Å². The Balaban J connectivity index is 1.20. The van der Waals surface area contributed by atoms with E-state index in [0.717, 1.165) is 76.4 Å². The summed E-state index contributed by atoms with van der Waals surface area (Å²) >= 11 is 0. The number of rotatable bonds is 5. The lowest BCUT2D eigenvalue weighted by Gasteiger charge is -2.29.